The Morgan fingerprint density at radius 1 is 1.05 bits per heavy atom. The van der Waals surface area contributed by atoms with Gasteiger partial charge in [0.05, 0.1) is 12.5 Å². The number of amides is 4. The van der Waals surface area contributed by atoms with Crippen LogP contribution in [0, 0.1) is 11.7 Å². The third kappa shape index (κ3) is 7.21. The fourth-order valence-corrected chi connectivity index (χ4v) is 3.47. The summed E-state index contributed by atoms with van der Waals surface area (Å²) in [7, 11) is 0. The number of ether oxygens (including phenoxy) is 1. The summed E-state index contributed by atoms with van der Waals surface area (Å²) < 4.78 is 44.7. The second-order valence-electron chi connectivity index (χ2n) is 9.39. The van der Waals surface area contributed by atoms with Crippen molar-refractivity contribution in [2.45, 2.75) is 39.3 Å². The number of carbonyl (C=O) groups is 4. The number of hydrogen-bond donors (Lipinski definition) is 2. The van der Waals surface area contributed by atoms with Gasteiger partial charge in [-0.1, -0.05) is 24.3 Å². The van der Waals surface area contributed by atoms with Crippen molar-refractivity contribution in [2.75, 3.05) is 18.0 Å². The molecule has 1 saturated heterocycles. The number of carbonyl (C=O) groups excluding carboxylic acids is 4. The van der Waals surface area contributed by atoms with Gasteiger partial charge in [0.25, 0.3) is 5.91 Å². The van der Waals surface area contributed by atoms with Crippen LogP contribution in [0.4, 0.5) is 23.7 Å². The number of para-hydroxylation sites is 1. The molecule has 0 saturated carbocycles. The molecule has 0 spiro atoms. The van der Waals surface area contributed by atoms with E-state index in [4.69, 9.17) is 4.74 Å². The van der Waals surface area contributed by atoms with Crippen LogP contribution in [-0.2, 0) is 20.9 Å². The highest BCUT2D eigenvalue weighted by molar-refractivity contribution is 5.97. The highest BCUT2D eigenvalue weighted by Crippen LogP contribution is 2.26. The Morgan fingerprint density at radius 2 is 1.70 bits per heavy atom. The summed E-state index contributed by atoms with van der Waals surface area (Å²) in [5.41, 5.74) is 3.02. The maximum Gasteiger partial charge on any atom is 0.410 e. The third-order valence-electron chi connectivity index (χ3n) is 5.36. The van der Waals surface area contributed by atoms with Gasteiger partial charge in [0.1, 0.15) is 11.4 Å². The number of anilines is 1. The first-order valence-corrected chi connectivity index (χ1v) is 11.4. The van der Waals surface area contributed by atoms with E-state index < -0.39 is 41.7 Å². The topological polar surface area (TPSA) is 108 Å². The van der Waals surface area contributed by atoms with Gasteiger partial charge in [-0.2, -0.15) is 8.78 Å². The minimum absolute atomic E-state index is 0.0914. The molecule has 0 bridgehead atoms. The summed E-state index contributed by atoms with van der Waals surface area (Å²) in [6.45, 7) is 5.38. The van der Waals surface area contributed by atoms with Crippen LogP contribution in [0.3, 0.4) is 0 Å². The summed E-state index contributed by atoms with van der Waals surface area (Å²) in [5.74, 6) is -4.34. The summed E-state index contributed by atoms with van der Waals surface area (Å²) in [5, 5.41) is 0. The molecule has 1 heterocycles. The van der Waals surface area contributed by atoms with Crippen LogP contribution >= 0.6 is 0 Å². The standard InChI is InChI=1S/C25H27F3N4O5/c1-25(2,3)37-24(36)31-12-17(13-31)23(35)32(18-7-5-4-6-8-18)14-16-10-9-15(11-19(16)26)21(33)29-30-22(34)20(27)28/h4-11,17,20H,12-14H2,1-3H3,(H,29,33)(H,30,34). The maximum atomic E-state index is 14.9. The number of halogens is 3. The molecule has 0 aromatic heterocycles. The van der Waals surface area contributed by atoms with Crippen LogP contribution in [0.2, 0.25) is 0 Å². The molecule has 9 nitrogen and oxygen atoms in total. The predicted octanol–water partition coefficient (Wildman–Crippen LogP) is 3.25. The Morgan fingerprint density at radius 3 is 2.27 bits per heavy atom. The summed E-state index contributed by atoms with van der Waals surface area (Å²) in [4.78, 5) is 51.3. The lowest BCUT2D eigenvalue weighted by molar-refractivity contribution is -0.132. The number of alkyl halides is 2. The van der Waals surface area contributed by atoms with Crippen LogP contribution in [-0.4, -0.2) is 53.8 Å². The first kappa shape index (κ1) is 27.5. The summed E-state index contributed by atoms with van der Waals surface area (Å²) >= 11 is 0. The van der Waals surface area contributed by atoms with Gasteiger partial charge in [-0.05, 0) is 45.0 Å². The number of nitrogens with one attached hydrogen (secondary N) is 2. The molecule has 1 fully saturated rings. The van der Waals surface area contributed by atoms with Crippen LogP contribution < -0.4 is 15.8 Å². The lowest BCUT2D eigenvalue weighted by Gasteiger charge is -2.41. The molecule has 198 valence electrons. The minimum Gasteiger partial charge on any atom is -0.444 e. The van der Waals surface area contributed by atoms with Gasteiger partial charge in [0.2, 0.25) is 5.91 Å². The Balaban J connectivity index is 1.71. The van der Waals surface area contributed by atoms with E-state index in [1.807, 2.05) is 0 Å². The first-order chi connectivity index (χ1) is 17.4. The van der Waals surface area contributed by atoms with Crippen LogP contribution in [0.5, 0.6) is 0 Å². The fraction of sp³-hybridized carbons (Fsp3) is 0.360. The van der Waals surface area contributed by atoms with Gasteiger partial charge >= 0.3 is 18.4 Å². The largest absolute Gasteiger partial charge is 0.444 e. The van der Waals surface area contributed by atoms with Crippen molar-refractivity contribution in [1.29, 1.82) is 0 Å². The zero-order valence-electron chi connectivity index (χ0n) is 20.5. The normalized spacial score (nSPS) is 13.5. The smallest absolute Gasteiger partial charge is 0.410 e. The second kappa shape index (κ2) is 11.3. The van der Waals surface area contributed by atoms with E-state index in [0.717, 1.165) is 6.07 Å². The Hall–Kier alpha value is -4.09. The van der Waals surface area contributed by atoms with Gasteiger partial charge in [-0.3, -0.25) is 25.2 Å². The van der Waals surface area contributed by atoms with Crippen molar-refractivity contribution in [1.82, 2.24) is 15.8 Å². The molecule has 0 atom stereocenters. The van der Waals surface area contributed by atoms with E-state index in [1.165, 1.54) is 27.4 Å². The van der Waals surface area contributed by atoms with Gasteiger partial charge in [-0.15, -0.1) is 0 Å². The van der Waals surface area contributed by atoms with Gasteiger partial charge < -0.3 is 14.5 Å². The van der Waals surface area contributed by atoms with Crippen LogP contribution in [0.25, 0.3) is 0 Å². The van der Waals surface area contributed by atoms with E-state index >= 15 is 0 Å². The lowest BCUT2D eigenvalue weighted by Crippen LogP contribution is -2.57. The maximum absolute atomic E-state index is 14.9. The van der Waals surface area contributed by atoms with Crippen molar-refractivity contribution in [3.8, 4) is 0 Å². The van der Waals surface area contributed by atoms with E-state index in [2.05, 4.69) is 0 Å². The molecular weight excluding hydrogens is 493 g/mol. The molecule has 37 heavy (non-hydrogen) atoms. The summed E-state index contributed by atoms with van der Waals surface area (Å²) in [6.07, 6.45) is -3.85. The quantitative estimate of drug-likeness (QED) is 0.569. The second-order valence-corrected chi connectivity index (χ2v) is 9.39. The number of likely N-dealkylation sites (tertiary alicyclic amines) is 1. The molecule has 0 unspecified atom stereocenters. The Bertz CT molecular complexity index is 1160. The molecule has 3 rings (SSSR count). The van der Waals surface area contributed by atoms with Crippen LogP contribution in [0.15, 0.2) is 48.5 Å². The molecule has 2 N–H and O–H groups in total. The average molecular weight is 521 g/mol. The van der Waals surface area contributed by atoms with Crippen molar-refractivity contribution >= 4 is 29.5 Å². The minimum atomic E-state index is -3.33. The molecule has 0 aliphatic carbocycles. The van der Waals surface area contributed by atoms with E-state index in [0.29, 0.717) is 5.69 Å². The SMILES string of the molecule is CC(C)(C)OC(=O)N1CC(C(=O)N(Cc2ccc(C(=O)NNC(=O)C(F)F)cc2F)c2ccccc2)C1. The molecule has 2 aromatic carbocycles. The molecule has 1 aliphatic heterocycles. The van der Waals surface area contributed by atoms with E-state index in [-0.39, 0.29) is 36.7 Å². The molecular formula is C25H27F3N4O5. The number of rotatable bonds is 6. The van der Waals surface area contributed by atoms with E-state index in [9.17, 15) is 32.3 Å². The predicted molar refractivity (Wildman–Crippen MR) is 127 cm³/mol. The van der Waals surface area contributed by atoms with Gasteiger partial charge in [0.15, 0.2) is 0 Å². The van der Waals surface area contributed by atoms with Gasteiger partial charge in [0, 0.05) is 29.9 Å². The van der Waals surface area contributed by atoms with Crippen molar-refractivity contribution < 1.29 is 37.1 Å². The van der Waals surface area contributed by atoms with Crippen molar-refractivity contribution in [3.05, 3.63) is 65.5 Å². The van der Waals surface area contributed by atoms with Crippen molar-refractivity contribution in [2.24, 2.45) is 5.92 Å². The molecule has 2 aromatic rings. The third-order valence-corrected chi connectivity index (χ3v) is 5.36. The summed E-state index contributed by atoms with van der Waals surface area (Å²) in [6, 6.07) is 12.0. The van der Waals surface area contributed by atoms with E-state index in [1.54, 1.807) is 56.5 Å². The highest BCUT2D eigenvalue weighted by Gasteiger charge is 2.40. The van der Waals surface area contributed by atoms with Crippen LogP contribution in [0.1, 0.15) is 36.7 Å². The number of hydrogen-bond acceptors (Lipinski definition) is 5. The number of hydrazine groups is 1. The highest BCUT2D eigenvalue weighted by atomic mass is 19.3. The molecule has 4 amide bonds. The Kier molecular flexibility index (Phi) is 8.41. The van der Waals surface area contributed by atoms with Crippen molar-refractivity contribution in [3.63, 3.8) is 0 Å². The molecule has 0 radical (unpaired) electrons. The van der Waals surface area contributed by atoms with Gasteiger partial charge in [-0.25, -0.2) is 9.18 Å². The number of nitrogens with zero attached hydrogens (tertiary/aromatic N) is 2. The number of benzene rings is 2. The Labute approximate surface area is 211 Å². The monoisotopic (exact) mass is 520 g/mol. The zero-order valence-corrected chi connectivity index (χ0v) is 20.5. The first-order valence-electron chi connectivity index (χ1n) is 11.4. The average Bonchev–Trinajstić information content (AvgIpc) is 2.79. The molecule has 12 heteroatoms. The fourth-order valence-electron chi connectivity index (χ4n) is 3.47. The molecule has 1 aliphatic rings. The lowest BCUT2D eigenvalue weighted by atomic mass is 9.98. The zero-order chi connectivity index (χ0) is 27.3.